The third-order valence-electron chi connectivity index (χ3n) is 7.03. The normalized spacial score (nSPS) is 13.3. The number of ether oxygens (including phenoxy) is 2. The Hall–Kier alpha value is -4.17. The molecule has 188 valence electrons. The molecule has 4 aromatic rings. The van der Waals surface area contributed by atoms with Crippen LogP contribution in [0.3, 0.4) is 0 Å². The highest BCUT2D eigenvalue weighted by Crippen LogP contribution is 2.36. The van der Waals surface area contributed by atoms with Gasteiger partial charge in [0.15, 0.2) is 11.5 Å². The summed E-state index contributed by atoms with van der Waals surface area (Å²) in [6, 6.07) is 16.5. The number of nitrogens with one attached hydrogen (secondary N) is 1. The van der Waals surface area contributed by atoms with E-state index in [2.05, 4.69) is 34.6 Å². The van der Waals surface area contributed by atoms with Crippen LogP contribution in [0.4, 0.5) is 0 Å². The summed E-state index contributed by atoms with van der Waals surface area (Å²) in [6.07, 6.45) is 6.79. The molecule has 6 rings (SSSR count). The number of carboxylic acid groups (broad SMARTS) is 1. The number of pyridine rings is 1. The Morgan fingerprint density at radius 1 is 1.00 bits per heavy atom. The van der Waals surface area contributed by atoms with Crippen LogP contribution in [0.2, 0.25) is 0 Å². The van der Waals surface area contributed by atoms with Gasteiger partial charge in [0.05, 0.1) is 5.69 Å². The molecule has 0 amide bonds. The van der Waals surface area contributed by atoms with Crippen LogP contribution in [0, 0.1) is 0 Å². The number of benzene rings is 2. The largest absolute Gasteiger partial charge is 0.477 e. The topological polar surface area (TPSA) is 98.5 Å². The molecule has 0 radical (unpaired) electrons. The van der Waals surface area contributed by atoms with Crippen LogP contribution in [0.25, 0.3) is 22.4 Å². The summed E-state index contributed by atoms with van der Waals surface area (Å²) < 4.78 is 12.5. The Morgan fingerprint density at radius 2 is 1.84 bits per heavy atom. The van der Waals surface area contributed by atoms with Crippen LogP contribution in [0.1, 0.15) is 33.6 Å². The van der Waals surface area contributed by atoms with Gasteiger partial charge >= 0.3 is 5.97 Å². The zero-order valence-corrected chi connectivity index (χ0v) is 20.4. The number of aromatic nitrogens is 3. The highest BCUT2D eigenvalue weighted by atomic mass is 16.7. The van der Waals surface area contributed by atoms with Gasteiger partial charge in [-0.25, -0.2) is 4.79 Å². The summed E-state index contributed by atoms with van der Waals surface area (Å²) in [5.41, 5.74) is 7.59. The maximum absolute atomic E-state index is 12.0. The first kappa shape index (κ1) is 23.2. The molecular formula is C29H28N4O4. The second kappa shape index (κ2) is 10.1. The first-order chi connectivity index (χ1) is 18.2. The molecule has 0 unspecified atom stereocenters. The van der Waals surface area contributed by atoms with Gasteiger partial charge in [0.2, 0.25) is 6.79 Å². The van der Waals surface area contributed by atoms with Crippen molar-refractivity contribution in [1.29, 1.82) is 0 Å². The number of carbonyl (C=O) groups is 1. The smallest absolute Gasteiger partial charge is 0.354 e. The summed E-state index contributed by atoms with van der Waals surface area (Å²) in [5.74, 6) is 0.669. The molecule has 0 atom stereocenters. The van der Waals surface area contributed by atoms with E-state index in [9.17, 15) is 9.90 Å². The van der Waals surface area contributed by atoms with Crippen LogP contribution in [0.15, 0.2) is 60.9 Å². The highest BCUT2D eigenvalue weighted by molar-refractivity contribution is 5.90. The van der Waals surface area contributed by atoms with Crippen LogP contribution in [-0.2, 0) is 25.8 Å². The zero-order chi connectivity index (χ0) is 25.2. The zero-order valence-electron chi connectivity index (χ0n) is 20.4. The third-order valence-corrected chi connectivity index (χ3v) is 7.03. The highest BCUT2D eigenvalue weighted by Gasteiger charge is 2.28. The van der Waals surface area contributed by atoms with E-state index in [1.165, 1.54) is 5.56 Å². The van der Waals surface area contributed by atoms with Gasteiger partial charge in [-0.05, 0) is 79.2 Å². The molecule has 0 bridgehead atoms. The van der Waals surface area contributed by atoms with Crippen LogP contribution < -0.4 is 14.8 Å². The van der Waals surface area contributed by atoms with Crippen molar-refractivity contribution in [3.63, 3.8) is 0 Å². The van der Waals surface area contributed by atoms with Crippen molar-refractivity contribution in [3.05, 3.63) is 83.3 Å². The summed E-state index contributed by atoms with van der Waals surface area (Å²) in [4.78, 5) is 16.2. The van der Waals surface area contributed by atoms with Gasteiger partial charge < -0.3 is 19.9 Å². The lowest BCUT2D eigenvalue weighted by atomic mass is 9.90. The van der Waals surface area contributed by atoms with Crippen molar-refractivity contribution in [2.45, 2.75) is 32.2 Å². The predicted octanol–water partition coefficient (Wildman–Crippen LogP) is 4.36. The second-order valence-corrected chi connectivity index (χ2v) is 9.36. The molecule has 0 saturated carbocycles. The van der Waals surface area contributed by atoms with Crippen molar-refractivity contribution in [1.82, 2.24) is 20.1 Å². The fraction of sp³-hybridized carbons (Fsp3) is 0.276. The number of hydrogen-bond donors (Lipinski definition) is 2. The monoisotopic (exact) mass is 496 g/mol. The van der Waals surface area contributed by atoms with Gasteiger partial charge in [-0.2, -0.15) is 5.10 Å². The molecule has 8 nitrogen and oxygen atoms in total. The van der Waals surface area contributed by atoms with E-state index in [1.807, 2.05) is 30.5 Å². The second-order valence-electron chi connectivity index (χ2n) is 9.36. The van der Waals surface area contributed by atoms with Gasteiger partial charge in [0.25, 0.3) is 0 Å². The quantitative estimate of drug-likeness (QED) is 0.332. The average molecular weight is 497 g/mol. The van der Waals surface area contributed by atoms with Crippen LogP contribution >= 0.6 is 0 Å². The Morgan fingerprint density at radius 3 is 2.70 bits per heavy atom. The van der Waals surface area contributed by atoms with Crippen molar-refractivity contribution in [2.75, 3.05) is 19.9 Å². The summed E-state index contributed by atoms with van der Waals surface area (Å²) >= 11 is 0. The molecule has 0 fully saturated rings. The minimum Gasteiger partial charge on any atom is -0.477 e. The molecule has 2 N–H and O–H groups in total. The van der Waals surface area contributed by atoms with E-state index in [1.54, 1.807) is 10.9 Å². The average Bonchev–Trinajstić information content (AvgIpc) is 3.55. The lowest BCUT2D eigenvalue weighted by Gasteiger charge is -2.14. The lowest BCUT2D eigenvalue weighted by molar-refractivity contribution is 0.0681. The molecule has 0 spiro atoms. The molecule has 2 aliphatic rings. The Labute approximate surface area is 214 Å². The van der Waals surface area contributed by atoms with Crippen molar-refractivity contribution in [3.8, 4) is 33.9 Å². The molecule has 8 heteroatoms. The molecule has 0 saturated heterocycles. The number of nitrogens with zero attached hydrogens (tertiary/aromatic N) is 3. The van der Waals surface area contributed by atoms with E-state index in [0.717, 1.165) is 77.4 Å². The van der Waals surface area contributed by atoms with E-state index < -0.39 is 5.97 Å². The fourth-order valence-electron chi connectivity index (χ4n) is 5.12. The minimum absolute atomic E-state index is 0.280. The summed E-state index contributed by atoms with van der Waals surface area (Å²) in [5, 5.41) is 18.0. The third kappa shape index (κ3) is 4.68. The number of aryl methyl sites for hydroxylation is 2. The van der Waals surface area contributed by atoms with Crippen LogP contribution in [-0.4, -0.2) is 45.7 Å². The number of aromatic carboxylic acids is 1. The van der Waals surface area contributed by atoms with Crippen molar-refractivity contribution < 1.29 is 19.4 Å². The molecule has 37 heavy (non-hydrogen) atoms. The Kier molecular flexibility index (Phi) is 6.32. The van der Waals surface area contributed by atoms with E-state index in [0.29, 0.717) is 18.7 Å². The number of hydrogen-bond acceptors (Lipinski definition) is 6. The van der Waals surface area contributed by atoms with Gasteiger partial charge in [-0.1, -0.05) is 30.3 Å². The molecular weight excluding hydrogens is 468 g/mol. The molecule has 1 aliphatic carbocycles. The number of rotatable bonds is 9. The molecule has 2 aromatic heterocycles. The first-order valence-electron chi connectivity index (χ1n) is 12.6. The number of fused-ring (bicyclic) bond motifs is 4. The van der Waals surface area contributed by atoms with Crippen LogP contribution in [0.5, 0.6) is 11.5 Å². The van der Waals surface area contributed by atoms with Gasteiger partial charge in [0, 0.05) is 30.1 Å². The van der Waals surface area contributed by atoms with Gasteiger partial charge in [-0.15, -0.1) is 0 Å². The van der Waals surface area contributed by atoms with E-state index >= 15 is 0 Å². The predicted molar refractivity (Wildman–Crippen MR) is 139 cm³/mol. The SMILES string of the molecule is O=C(O)c1c2c(nn1CCCNCCc1ccc(-c3ccc4c(c3)OCO4)cc1)-c1ccncc1CC2. The molecule has 2 aromatic carbocycles. The van der Waals surface area contributed by atoms with Crippen molar-refractivity contribution in [2.24, 2.45) is 0 Å². The summed E-state index contributed by atoms with van der Waals surface area (Å²) in [6.45, 7) is 2.48. The molecule has 3 heterocycles. The lowest BCUT2D eigenvalue weighted by Crippen LogP contribution is -2.21. The fourth-order valence-corrected chi connectivity index (χ4v) is 5.12. The molecule has 1 aliphatic heterocycles. The Bertz CT molecular complexity index is 1450. The van der Waals surface area contributed by atoms with Gasteiger partial charge in [0.1, 0.15) is 5.69 Å². The van der Waals surface area contributed by atoms with E-state index in [4.69, 9.17) is 14.6 Å². The van der Waals surface area contributed by atoms with E-state index in [-0.39, 0.29) is 6.79 Å². The van der Waals surface area contributed by atoms with Crippen molar-refractivity contribution >= 4 is 5.97 Å². The first-order valence-corrected chi connectivity index (χ1v) is 12.6. The maximum Gasteiger partial charge on any atom is 0.354 e. The summed E-state index contributed by atoms with van der Waals surface area (Å²) in [7, 11) is 0. The Balaban J connectivity index is 1.01. The maximum atomic E-state index is 12.0. The standard InChI is InChI=1S/C29H28N4O4/c34-29(35)28-24-8-6-22-17-31-14-11-23(22)27(24)32-33(28)15-1-12-30-13-10-19-2-4-20(5-3-19)21-7-9-25-26(16-21)37-18-36-25/h2-5,7,9,11,14,16-17,30H,1,6,8,10,12-13,15,18H2,(H,34,35). The number of carboxylic acids is 1. The van der Waals surface area contributed by atoms with Gasteiger partial charge in [-0.3, -0.25) is 9.67 Å². The minimum atomic E-state index is -0.914.